The second-order valence-electron chi connectivity index (χ2n) is 3.14. The number of likely N-dealkylation sites (N-methyl/N-ethyl adjacent to an activating group) is 1. The minimum Gasteiger partial charge on any atom is -0.294 e. The maximum atomic E-state index is 11.5. The average molecular weight is 211 g/mol. The summed E-state index contributed by atoms with van der Waals surface area (Å²) in [7, 11) is 1.74. The van der Waals surface area contributed by atoms with Gasteiger partial charge in [0.15, 0.2) is 0 Å². The summed E-state index contributed by atoms with van der Waals surface area (Å²) in [5.74, 6) is -0.557. The van der Waals surface area contributed by atoms with Crippen LogP contribution in [0.5, 0.6) is 0 Å². The molecular formula is C8H9N3O2S. The van der Waals surface area contributed by atoms with E-state index >= 15 is 0 Å². The largest absolute Gasteiger partial charge is 0.294 e. The lowest BCUT2D eigenvalue weighted by Gasteiger charge is -2.29. The first kappa shape index (κ1) is 9.29. The van der Waals surface area contributed by atoms with Gasteiger partial charge < -0.3 is 0 Å². The number of nitrogens with one attached hydrogen (secondary N) is 1. The molecule has 2 rings (SSSR count). The number of carbonyl (C=O) groups is 2. The van der Waals surface area contributed by atoms with Crippen molar-refractivity contribution in [2.75, 3.05) is 13.6 Å². The second kappa shape index (κ2) is 3.47. The van der Waals surface area contributed by atoms with Gasteiger partial charge in [-0.1, -0.05) is 0 Å². The molecule has 1 fully saturated rings. The maximum absolute atomic E-state index is 11.5. The first-order valence-electron chi connectivity index (χ1n) is 4.10. The van der Waals surface area contributed by atoms with E-state index < -0.39 is 6.04 Å². The summed E-state index contributed by atoms with van der Waals surface area (Å²) in [4.78, 5) is 28.3. The molecule has 1 atom stereocenters. The predicted molar refractivity (Wildman–Crippen MR) is 50.6 cm³/mol. The van der Waals surface area contributed by atoms with Gasteiger partial charge in [-0.15, -0.1) is 11.3 Å². The molecule has 0 bridgehead atoms. The lowest BCUT2D eigenvalue weighted by molar-refractivity contribution is -0.139. The summed E-state index contributed by atoms with van der Waals surface area (Å²) in [6.45, 7) is 0.230. The molecule has 0 spiro atoms. The molecule has 14 heavy (non-hydrogen) atoms. The van der Waals surface area contributed by atoms with Crippen molar-refractivity contribution in [1.29, 1.82) is 0 Å². The molecule has 0 saturated carbocycles. The highest BCUT2D eigenvalue weighted by Crippen LogP contribution is 2.21. The number of hydrogen-bond donors (Lipinski definition) is 1. The Morgan fingerprint density at radius 1 is 1.64 bits per heavy atom. The first-order valence-corrected chi connectivity index (χ1v) is 5.05. The van der Waals surface area contributed by atoms with Gasteiger partial charge in [-0.2, -0.15) is 0 Å². The molecule has 6 heteroatoms. The van der Waals surface area contributed by atoms with E-state index in [4.69, 9.17) is 0 Å². The minimum atomic E-state index is -0.432. The number of thiazole rings is 1. The molecule has 0 radical (unpaired) electrons. The summed E-state index contributed by atoms with van der Waals surface area (Å²) in [5, 5.41) is 4.11. The van der Waals surface area contributed by atoms with Gasteiger partial charge in [0.05, 0.1) is 17.7 Å². The van der Waals surface area contributed by atoms with Crippen molar-refractivity contribution in [3.8, 4) is 0 Å². The van der Waals surface area contributed by atoms with Gasteiger partial charge in [0.25, 0.3) is 0 Å². The highest BCUT2D eigenvalue weighted by Gasteiger charge is 2.33. The molecule has 1 N–H and O–H groups in total. The Morgan fingerprint density at radius 3 is 3.00 bits per heavy atom. The van der Waals surface area contributed by atoms with Gasteiger partial charge in [0.2, 0.25) is 11.8 Å². The number of hydrogen-bond acceptors (Lipinski definition) is 5. The number of piperazine rings is 1. The molecule has 0 aliphatic carbocycles. The summed E-state index contributed by atoms with van der Waals surface area (Å²) < 4.78 is 0. The number of amides is 2. The molecule has 1 aliphatic heterocycles. The lowest BCUT2D eigenvalue weighted by atomic mass is 10.1. The first-order chi connectivity index (χ1) is 6.68. The molecule has 74 valence electrons. The molecule has 2 heterocycles. The quantitative estimate of drug-likeness (QED) is 0.652. The van der Waals surface area contributed by atoms with Crippen LogP contribution in [0, 0.1) is 0 Å². The zero-order chi connectivity index (χ0) is 10.1. The van der Waals surface area contributed by atoms with E-state index in [2.05, 4.69) is 10.3 Å². The monoisotopic (exact) mass is 211 g/mol. The zero-order valence-electron chi connectivity index (χ0n) is 7.56. The summed E-state index contributed by atoms with van der Waals surface area (Å²) in [5.41, 5.74) is 2.37. The summed E-state index contributed by atoms with van der Waals surface area (Å²) in [6, 6.07) is -0.432. The molecule has 1 aromatic heterocycles. The molecule has 1 saturated heterocycles. The van der Waals surface area contributed by atoms with Crippen LogP contribution in [-0.2, 0) is 9.59 Å². The normalized spacial score (nSPS) is 23.6. The van der Waals surface area contributed by atoms with E-state index in [9.17, 15) is 9.59 Å². The van der Waals surface area contributed by atoms with Crippen LogP contribution < -0.4 is 5.32 Å². The fourth-order valence-corrected chi connectivity index (χ4v) is 2.05. The van der Waals surface area contributed by atoms with Crippen LogP contribution in [-0.4, -0.2) is 35.3 Å². The lowest BCUT2D eigenvalue weighted by Crippen LogP contribution is -2.51. The zero-order valence-corrected chi connectivity index (χ0v) is 8.37. The van der Waals surface area contributed by atoms with E-state index in [0.29, 0.717) is 5.69 Å². The Labute approximate surface area is 84.7 Å². The van der Waals surface area contributed by atoms with Crippen molar-refractivity contribution in [3.63, 3.8) is 0 Å². The van der Waals surface area contributed by atoms with Crippen LogP contribution in [0.1, 0.15) is 11.7 Å². The van der Waals surface area contributed by atoms with Gasteiger partial charge in [0, 0.05) is 5.38 Å². The van der Waals surface area contributed by atoms with Gasteiger partial charge in [-0.05, 0) is 7.05 Å². The second-order valence-corrected chi connectivity index (χ2v) is 3.86. The fourth-order valence-electron chi connectivity index (χ4n) is 1.48. The van der Waals surface area contributed by atoms with Crippen molar-refractivity contribution in [3.05, 3.63) is 16.6 Å². The fraction of sp³-hybridized carbons (Fsp3) is 0.375. The standard InChI is InChI=1S/C8H9N3O2S/c1-11-2-6(12)10-8(13)7(11)5-3-14-4-9-5/h3-4,7H,2H2,1H3,(H,10,12,13). The van der Waals surface area contributed by atoms with Gasteiger partial charge >= 0.3 is 0 Å². The Morgan fingerprint density at radius 2 is 2.43 bits per heavy atom. The average Bonchev–Trinajstić information content (AvgIpc) is 2.54. The summed E-state index contributed by atoms with van der Waals surface area (Å²) >= 11 is 1.44. The number of carbonyl (C=O) groups excluding carboxylic acids is 2. The van der Waals surface area contributed by atoms with Crippen LogP contribution in [0.25, 0.3) is 0 Å². The molecule has 0 aromatic carbocycles. The Bertz CT molecular complexity index is 363. The maximum Gasteiger partial charge on any atom is 0.250 e. The van der Waals surface area contributed by atoms with Gasteiger partial charge in [-0.25, -0.2) is 4.98 Å². The van der Waals surface area contributed by atoms with E-state index in [1.807, 2.05) is 5.38 Å². The molecule has 5 nitrogen and oxygen atoms in total. The molecule has 2 amide bonds. The SMILES string of the molecule is CN1CC(=O)NC(=O)C1c1cscn1. The molecular weight excluding hydrogens is 202 g/mol. The number of nitrogens with zero attached hydrogens (tertiary/aromatic N) is 2. The van der Waals surface area contributed by atoms with Crippen molar-refractivity contribution < 1.29 is 9.59 Å². The molecule has 1 aliphatic rings. The topological polar surface area (TPSA) is 62.3 Å². The Kier molecular flexibility index (Phi) is 2.30. The van der Waals surface area contributed by atoms with Crippen LogP contribution in [0.2, 0.25) is 0 Å². The van der Waals surface area contributed by atoms with E-state index in [1.165, 1.54) is 11.3 Å². The van der Waals surface area contributed by atoms with Crippen LogP contribution >= 0.6 is 11.3 Å². The van der Waals surface area contributed by atoms with E-state index in [1.54, 1.807) is 17.5 Å². The van der Waals surface area contributed by atoms with Crippen LogP contribution in [0.4, 0.5) is 0 Å². The third-order valence-electron chi connectivity index (χ3n) is 2.08. The van der Waals surface area contributed by atoms with Gasteiger partial charge in [-0.3, -0.25) is 19.8 Å². The Balaban J connectivity index is 2.26. The highest BCUT2D eigenvalue weighted by molar-refractivity contribution is 7.07. The van der Waals surface area contributed by atoms with Gasteiger partial charge in [0.1, 0.15) is 6.04 Å². The highest BCUT2D eigenvalue weighted by atomic mass is 32.1. The molecule has 1 unspecified atom stereocenters. The predicted octanol–water partition coefficient (Wildman–Crippen LogP) is -0.228. The third kappa shape index (κ3) is 1.53. The smallest absolute Gasteiger partial charge is 0.250 e. The number of rotatable bonds is 1. The van der Waals surface area contributed by atoms with E-state index in [-0.39, 0.29) is 18.4 Å². The van der Waals surface area contributed by atoms with Crippen LogP contribution in [0.15, 0.2) is 10.9 Å². The van der Waals surface area contributed by atoms with Crippen molar-refractivity contribution in [2.24, 2.45) is 0 Å². The van der Waals surface area contributed by atoms with Crippen LogP contribution in [0.3, 0.4) is 0 Å². The summed E-state index contributed by atoms with van der Waals surface area (Å²) in [6.07, 6.45) is 0. The Hall–Kier alpha value is -1.27. The molecule has 1 aromatic rings. The van der Waals surface area contributed by atoms with Crippen molar-refractivity contribution in [1.82, 2.24) is 15.2 Å². The number of aromatic nitrogens is 1. The van der Waals surface area contributed by atoms with E-state index in [0.717, 1.165) is 0 Å². The minimum absolute atomic E-state index is 0.230. The van der Waals surface area contributed by atoms with Crippen molar-refractivity contribution >= 4 is 23.2 Å². The van der Waals surface area contributed by atoms with Crippen molar-refractivity contribution in [2.45, 2.75) is 6.04 Å². The third-order valence-corrected chi connectivity index (χ3v) is 2.68. The number of imide groups is 1.